The maximum absolute atomic E-state index is 13.4. The third kappa shape index (κ3) is 2.70. The molecule has 1 saturated carbocycles. The van der Waals surface area contributed by atoms with Gasteiger partial charge in [0.1, 0.15) is 0 Å². The summed E-state index contributed by atoms with van der Waals surface area (Å²) >= 11 is 0. The van der Waals surface area contributed by atoms with Gasteiger partial charge in [0.05, 0.1) is 4.90 Å². The van der Waals surface area contributed by atoms with Crippen molar-refractivity contribution in [1.82, 2.24) is 4.31 Å². The van der Waals surface area contributed by atoms with E-state index in [1.54, 1.807) is 21.3 Å². The van der Waals surface area contributed by atoms with E-state index >= 15 is 0 Å². The fourth-order valence-corrected chi connectivity index (χ4v) is 6.99. The minimum absolute atomic E-state index is 0.0322. The number of amides is 1. The maximum atomic E-state index is 13.4. The molecule has 1 aromatic rings. The highest BCUT2D eigenvalue weighted by atomic mass is 32.2. The molecule has 1 saturated heterocycles. The SMILES string of the molecule is CC(=O)N1CCc2ccc(S(=O)(=O)N3C(C)CC4CCCCC43)cc21. The Labute approximate surface area is 150 Å². The van der Waals surface area contributed by atoms with Crippen LogP contribution in [0, 0.1) is 5.92 Å². The van der Waals surface area contributed by atoms with E-state index in [2.05, 4.69) is 0 Å². The van der Waals surface area contributed by atoms with Gasteiger partial charge in [-0.1, -0.05) is 18.9 Å². The van der Waals surface area contributed by atoms with Crippen molar-refractivity contribution in [2.24, 2.45) is 5.92 Å². The van der Waals surface area contributed by atoms with E-state index in [0.717, 1.165) is 43.4 Å². The zero-order chi connectivity index (χ0) is 17.8. The molecule has 3 unspecified atom stereocenters. The lowest BCUT2D eigenvalue weighted by Gasteiger charge is -2.32. The normalized spacial score (nSPS) is 29.5. The predicted molar refractivity (Wildman–Crippen MR) is 97.0 cm³/mol. The van der Waals surface area contributed by atoms with Gasteiger partial charge in [-0.15, -0.1) is 0 Å². The summed E-state index contributed by atoms with van der Waals surface area (Å²) in [5.41, 5.74) is 1.82. The number of sulfonamides is 1. The molecule has 4 rings (SSSR count). The number of fused-ring (bicyclic) bond motifs is 2. The van der Waals surface area contributed by atoms with Gasteiger partial charge in [-0.25, -0.2) is 8.42 Å². The van der Waals surface area contributed by atoms with E-state index in [-0.39, 0.29) is 18.0 Å². The molecule has 2 heterocycles. The molecule has 3 atom stereocenters. The lowest BCUT2D eigenvalue weighted by Crippen LogP contribution is -2.42. The lowest BCUT2D eigenvalue weighted by molar-refractivity contribution is -0.116. The smallest absolute Gasteiger partial charge is 0.243 e. The molecule has 0 spiro atoms. The van der Waals surface area contributed by atoms with Crippen molar-refractivity contribution in [3.8, 4) is 0 Å². The van der Waals surface area contributed by atoms with Crippen molar-refractivity contribution < 1.29 is 13.2 Å². The van der Waals surface area contributed by atoms with E-state index in [9.17, 15) is 13.2 Å². The van der Waals surface area contributed by atoms with Crippen molar-refractivity contribution >= 4 is 21.6 Å². The molecule has 1 amide bonds. The van der Waals surface area contributed by atoms with Crippen LogP contribution in [0.15, 0.2) is 23.1 Å². The van der Waals surface area contributed by atoms with Crippen LogP contribution in [-0.4, -0.2) is 37.3 Å². The monoisotopic (exact) mass is 362 g/mol. The molecule has 136 valence electrons. The largest absolute Gasteiger partial charge is 0.312 e. The molecule has 0 aromatic heterocycles. The second-order valence-corrected chi connectivity index (χ2v) is 9.59. The first-order valence-corrected chi connectivity index (χ1v) is 10.8. The summed E-state index contributed by atoms with van der Waals surface area (Å²) in [7, 11) is -3.53. The molecule has 1 aromatic carbocycles. The molecular formula is C19H26N2O3S. The van der Waals surface area contributed by atoms with Gasteiger partial charge in [0, 0.05) is 31.2 Å². The minimum atomic E-state index is -3.53. The van der Waals surface area contributed by atoms with Gasteiger partial charge in [0.15, 0.2) is 0 Å². The third-order valence-corrected chi connectivity index (χ3v) is 8.22. The van der Waals surface area contributed by atoms with Crippen LogP contribution < -0.4 is 4.90 Å². The molecule has 25 heavy (non-hydrogen) atoms. The summed E-state index contributed by atoms with van der Waals surface area (Å²) in [4.78, 5) is 13.8. The highest BCUT2D eigenvalue weighted by Crippen LogP contribution is 2.43. The van der Waals surface area contributed by atoms with Gasteiger partial charge in [-0.3, -0.25) is 4.79 Å². The van der Waals surface area contributed by atoms with Crippen molar-refractivity contribution in [3.63, 3.8) is 0 Å². The van der Waals surface area contributed by atoms with Crippen LogP contribution in [0.1, 0.15) is 51.5 Å². The van der Waals surface area contributed by atoms with Gasteiger partial charge in [-0.2, -0.15) is 4.31 Å². The summed E-state index contributed by atoms with van der Waals surface area (Å²) in [6.45, 7) is 4.20. The number of rotatable bonds is 2. The Morgan fingerprint density at radius 2 is 1.96 bits per heavy atom. The minimum Gasteiger partial charge on any atom is -0.312 e. The van der Waals surface area contributed by atoms with Gasteiger partial charge in [-0.05, 0) is 56.2 Å². The second kappa shape index (κ2) is 6.09. The number of benzene rings is 1. The first kappa shape index (κ1) is 17.0. The highest BCUT2D eigenvalue weighted by Gasteiger charge is 2.46. The Bertz CT molecular complexity index is 805. The predicted octanol–water partition coefficient (Wildman–Crippen LogP) is 2.94. The number of nitrogens with zero attached hydrogens (tertiary/aromatic N) is 2. The Hall–Kier alpha value is -1.40. The van der Waals surface area contributed by atoms with E-state index in [1.807, 2.05) is 13.0 Å². The number of carbonyl (C=O) groups is 1. The molecule has 0 bridgehead atoms. The Balaban J connectivity index is 1.71. The topological polar surface area (TPSA) is 57.7 Å². The van der Waals surface area contributed by atoms with Crippen molar-refractivity contribution in [3.05, 3.63) is 23.8 Å². The van der Waals surface area contributed by atoms with Gasteiger partial charge in [0.25, 0.3) is 0 Å². The van der Waals surface area contributed by atoms with Crippen LogP contribution in [0.4, 0.5) is 5.69 Å². The fourth-order valence-electron chi connectivity index (χ4n) is 5.05. The van der Waals surface area contributed by atoms with E-state index in [1.165, 1.54) is 13.3 Å². The van der Waals surface area contributed by atoms with Crippen LogP contribution in [0.25, 0.3) is 0 Å². The third-order valence-electron chi connectivity index (χ3n) is 6.18. The fraction of sp³-hybridized carbons (Fsp3) is 0.632. The first-order chi connectivity index (χ1) is 11.9. The van der Waals surface area contributed by atoms with Crippen LogP contribution in [0.2, 0.25) is 0 Å². The molecule has 0 N–H and O–H groups in total. The van der Waals surface area contributed by atoms with E-state index in [4.69, 9.17) is 0 Å². The zero-order valence-electron chi connectivity index (χ0n) is 14.9. The number of hydrogen-bond donors (Lipinski definition) is 0. The Morgan fingerprint density at radius 1 is 1.20 bits per heavy atom. The first-order valence-electron chi connectivity index (χ1n) is 9.34. The average Bonchev–Trinajstić information content (AvgIpc) is 3.14. The van der Waals surface area contributed by atoms with Crippen LogP contribution in [0.3, 0.4) is 0 Å². The van der Waals surface area contributed by atoms with Gasteiger partial charge < -0.3 is 4.90 Å². The number of hydrogen-bond acceptors (Lipinski definition) is 3. The quantitative estimate of drug-likeness (QED) is 0.813. The molecule has 2 aliphatic heterocycles. The number of anilines is 1. The summed E-state index contributed by atoms with van der Waals surface area (Å²) in [5.74, 6) is 0.469. The standard InChI is InChI=1S/C19H26N2O3S/c1-13-11-16-5-3-4-6-18(16)21(13)25(23,24)17-8-7-15-9-10-20(14(2)22)19(15)12-17/h7-8,12-13,16,18H,3-6,9-11H2,1-2H3. The molecule has 0 radical (unpaired) electrons. The average molecular weight is 362 g/mol. The Morgan fingerprint density at radius 3 is 2.72 bits per heavy atom. The van der Waals surface area contributed by atoms with Gasteiger partial charge in [0.2, 0.25) is 15.9 Å². The van der Waals surface area contributed by atoms with E-state index < -0.39 is 10.0 Å². The zero-order valence-corrected chi connectivity index (χ0v) is 15.8. The summed E-state index contributed by atoms with van der Waals surface area (Å²) in [5, 5.41) is 0. The van der Waals surface area contributed by atoms with Crippen LogP contribution >= 0.6 is 0 Å². The lowest BCUT2D eigenvalue weighted by atomic mass is 9.85. The second-order valence-electron chi connectivity index (χ2n) is 7.74. The Kier molecular flexibility index (Phi) is 4.15. The van der Waals surface area contributed by atoms with Crippen molar-refractivity contribution in [1.29, 1.82) is 0 Å². The molecule has 1 aliphatic carbocycles. The maximum Gasteiger partial charge on any atom is 0.243 e. The highest BCUT2D eigenvalue weighted by molar-refractivity contribution is 7.89. The molecule has 3 aliphatic rings. The summed E-state index contributed by atoms with van der Waals surface area (Å²) < 4.78 is 28.6. The molecule has 5 nitrogen and oxygen atoms in total. The van der Waals surface area contributed by atoms with Crippen molar-refractivity contribution in [2.45, 2.75) is 69.4 Å². The molecular weight excluding hydrogens is 336 g/mol. The summed E-state index contributed by atoms with van der Waals surface area (Å²) in [6.07, 6.45) is 6.20. The van der Waals surface area contributed by atoms with Crippen molar-refractivity contribution in [2.75, 3.05) is 11.4 Å². The van der Waals surface area contributed by atoms with Crippen LogP contribution in [-0.2, 0) is 21.2 Å². The van der Waals surface area contributed by atoms with Gasteiger partial charge >= 0.3 is 0 Å². The van der Waals surface area contributed by atoms with E-state index in [0.29, 0.717) is 17.4 Å². The number of carbonyl (C=O) groups excluding carboxylic acids is 1. The summed E-state index contributed by atoms with van der Waals surface area (Å²) in [6, 6.07) is 5.51. The van der Waals surface area contributed by atoms with Crippen LogP contribution in [0.5, 0.6) is 0 Å². The molecule has 6 heteroatoms. The molecule has 2 fully saturated rings.